The van der Waals surface area contributed by atoms with Crippen LogP contribution in [0.1, 0.15) is 0 Å². The Bertz CT molecular complexity index is 607. The fourth-order valence-electron chi connectivity index (χ4n) is 0.994. The van der Waals surface area contributed by atoms with Gasteiger partial charge in [0.15, 0.2) is 0 Å². The van der Waals surface area contributed by atoms with E-state index in [0.29, 0.717) is 0 Å². The molecule has 0 aliphatic heterocycles. The van der Waals surface area contributed by atoms with Crippen LogP contribution in [0, 0.1) is 0 Å². The lowest BCUT2D eigenvalue weighted by molar-refractivity contribution is -0.167. The molecule has 106 valence electrons. The average molecular weight is 357 g/mol. The third kappa shape index (κ3) is 4.13. The first-order valence-corrected chi connectivity index (χ1v) is 7.31. The predicted octanol–water partition coefficient (Wildman–Crippen LogP) is 3.42. The Morgan fingerprint density at radius 1 is 1.16 bits per heavy atom. The van der Waals surface area contributed by atoms with Crippen molar-refractivity contribution < 1.29 is 26.4 Å². The summed E-state index contributed by atoms with van der Waals surface area (Å²) in [6, 6.07) is 1.53. The number of nitrogens with one attached hydrogen (secondary N) is 1. The van der Waals surface area contributed by atoms with Gasteiger partial charge in [0.1, 0.15) is 0 Å². The molecule has 0 aliphatic carbocycles. The molecule has 0 bridgehead atoms. The molecule has 0 saturated carbocycles. The summed E-state index contributed by atoms with van der Waals surface area (Å²) in [7, 11) is 0.868. The molecule has 1 amide bonds. The van der Waals surface area contributed by atoms with E-state index in [1.807, 2.05) is 0 Å². The average Bonchev–Trinajstić information content (AvgIpc) is 2.19. The number of hydrogen-bond donors (Lipinski definition) is 1. The Kier molecular flexibility index (Phi) is 4.61. The topological polar surface area (TPSA) is 63.2 Å². The molecule has 1 aromatic rings. The quantitative estimate of drug-likeness (QED) is 0.826. The van der Waals surface area contributed by atoms with E-state index in [1.54, 1.807) is 0 Å². The molecule has 0 saturated heterocycles. The SMILES string of the molecule is O=C(Nc1c(Cl)cc(S(=O)(=O)Cl)cc1Cl)C(F)(F)F. The molecule has 1 aromatic carbocycles. The van der Waals surface area contributed by atoms with E-state index in [-0.39, 0.29) is 0 Å². The van der Waals surface area contributed by atoms with Gasteiger partial charge in [-0.15, -0.1) is 0 Å². The highest BCUT2D eigenvalue weighted by Gasteiger charge is 2.39. The first-order chi connectivity index (χ1) is 8.43. The van der Waals surface area contributed by atoms with Gasteiger partial charge >= 0.3 is 12.1 Å². The Balaban J connectivity index is 3.23. The number of alkyl halides is 3. The van der Waals surface area contributed by atoms with Gasteiger partial charge in [-0.05, 0) is 12.1 Å². The van der Waals surface area contributed by atoms with Gasteiger partial charge in [0.2, 0.25) is 0 Å². The van der Waals surface area contributed by atoms with Crippen molar-refractivity contribution in [2.45, 2.75) is 11.1 Å². The van der Waals surface area contributed by atoms with E-state index in [1.165, 1.54) is 5.32 Å². The minimum absolute atomic E-state index is 0.496. The molecule has 4 nitrogen and oxygen atoms in total. The van der Waals surface area contributed by atoms with Crippen molar-refractivity contribution in [3.63, 3.8) is 0 Å². The summed E-state index contributed by atoms with van der Waals surface area (Å²) in [4.78, 5) is 10.2. The van der Waals surface area contributed by atoms with Gasteiger partial charge in [0.05, 0.1) is 20.6 Å². The second-order valence-corrected chi connectivity index (χ2v) is 6.53. The van der Waals surface area contributed by atoms with Crippen molar-refractivity contribution in [2.75, 3.05) is 5.32 Å². The van der Waals surface area contributed by atoms with Crippen LogP contribution < -0.4 is 5.32 Å². The van der Waals surface area contributed by atoms with E-state index in [9.17, 15) is 26.4 Å². The minimum Gasteiger partial charge on any atom is -0.316 e. The number of amides is 1. The smallest absolute Gasteiger partial charge is 0.316 e. The van der Waals surface area contributed by atoms with Crippen molar-refractivity contribution in [3.05, 3.63) is 22.2 Å². The molecule has 0 fully saturated rings. The largest absolute Gasteiger partial charge is 0.471 e. The second-order valence-electron chi connectivity index (χ2n) is 3.15. The van der Waals surface area contributed by atoms with E-state index in [0.717, 1.165) is 12.1 Å². The number of hydrogen-bond acceptors (Lipinski definition) is 3. The molecule has 0 atom stereocenters. The Morgan fingerprint density at radius 3 is 1.89 bits per heavy atom. The second kappa shape index (κ2) is 5.35. The summed E-state index contributed by atoms with van der Waals surface area (Å²) < 4.78 is 58.2. The van der Waals surface area contributed by atoms with Crippen LogP contribution in [0.3, 0.4) is 0 Å². The highest BCUT2D eigenvalue weighted by atomic mass is 35.7. The summed E-state index contributed by atoms with van der Waals surface area (Å²) in [5.41, 5.74) is -0.560. The number of rotatable bonds is 2. The molecular formula is C8H3Cl3F3NO3S. The third-order valence-electron chi connectivity index (χ3n) is 1.79. The predicted molar refractivity (Wildman–Crippen MR) is 64.2 cm³/mol. The van der Waals surface area contributed by atoms with Crippen LogP contribution in [0.2, 0.25) is 10.0 Å². The fraction of sp³-hybridized carbons (Fsp3) is 0.125. The Labute approximate surface area is 119 Å². The molecule has 1 rings (SSSR count). The fourth-order valence-corrected chi connectivity index (χ4v) is 2.49. The van der Waals surface area contributed by atoms with E-state index < -0.39 is 41.8 Å². The van der Waals surface area contributed by atoms with Crippen LogP contribution in [0.15, 0.2) is 17.0 Å². The molecule has 0 aliphatic rings. The molecule has 19 heavy (non-hydrogen) atoms. The first-order valence-electron chi connectivity index (χ1n) is 4.25. The van der Waals surface area contributed by atoms with Gasteiger partial charge in [-0.25, -0.2) is 8.42 Å². The third-order valence-corrected chi connectivity index (χ3v) is 3.72. The first kappa shape index (κ1) is 16.4. The zero-order chi connectivity index (χ0) is 15.0. The zero-order valence-corrected chi connectivity index (χ0v) is 11.6. The number of anilines is 1. The number of halogens is 6. The van der Waals surface area contributed by atoms with E-state index in [4.69, 9.17) is 33.9 Å². The summed E-state index contributed by atoms with van der Waals surface area (Å²) in [5, 5.41) is 0.439. The maximum Gasteiger partial charge on any atom is 0.471 e. The Morgan fingerprint density at radius 2 is 1.58 bits per heavy atom. The lowest BCUT2D eigenvalue weighted by atomic mass is 10.3. The summed E-state index contributed by atoms with van der Waals surface area (Å²) in [6.07, 6.45) is -5.14. The van der Waals surface area contributed by atoms with Gasteiger partial charge in [-0.2, -0.15) is 13.2 Å². The van der Waals surface area contributed by atoms with Crippen molar-refractivity contribution in [1.29, 1.82) is 0 Å². The van der Waals surface area contributed by atoms with Crippen LogP contribution in [0.4, 0.5) is 18.9 Å². The molecular weight excluding hydrogens is 354 g/mol. The lowest BCUT2D eigenvalue weighted by Crippen LogP contribution is -2.30. The number of carbonyl (C=O) groups is 1. The van der Waals surface area contributed by atoms with Crippen LogP contribution in [-0.2, 0) is 13.8 Å². The standard InChI is InChI=1S/C8H3Cl3F3NO3S/c9-4-1-3(19(11,17)18)2-5(10)6(4)15-7(16)8(12,13)14/h1-2H,(H,15,16). The maximum atomic E-state index is 12.1. The molecule has 0 unspecified atom stereocenters. The number of benzene rings is 1. The van der Waals surface area contributed by atoms with E-state index in [2.05, 4.69) is 0 Å². The van der Waals surface area contributed by atoms with Crippen molar-refractivity contribution >= 4 is 54.5 Å². The highest BCUT2D eigenvalue weighted by Crippen LogP contribution is 2.35. The Hall–Kier alpha value is -0.700. The minimum atomic E-state index is -5.14. The van der Waals surface area contributed by atoms with Crippen LogP contribution in [0.25, 0.3) is 0 Å². The van der Waals surface area contributed by atoms with Crippen LogP contribution in [0.5, 0.6) is 0 Å². The van der Waals surface area contributed by atoms with Gasteiger partial charge < -0.3 is 5.32 Å². The molecule has 0 aromatic heterocycles. The summed E-state index contributed by atoms with van der Waals surface area (Å²) in [5.74, 6) is -2.29. The van der Waals surface area contributed by atoms with Crippen molar-refractivity contribution in [1.82, 2.24) is 0 Å². The highest BCUT2D eigenvalue weighted by molar-refractivity contribution is 8.13. The van der Waals surface area contributed by atoms with Gasteiger partial charge in [0, 0.05) is 10.7 Å². The monoisotopic (exact) mass is 355 g/mol. The van der Waals surface area contributed by atoms with Gasteiger partial charge in [-0.3, -0.25) is 4.79 Å². The summed E-state index contributed by atoms with van der Waals surface area (Å²) >= 11 is 11.1. The molecule has 0 spiro atoms. The van der Waals surface area contributed by atoms with Crippen molar-refractivity contribution in [2.24, 2.45) is 0 Å². The van der Waals surface area contributed by atoms with E-state index >= 15 is 0 Å². The zero-order valence-electron chi connectivity index (χ0n) is 8.56. The molecule has 0 radical (unpaired) electrons. The van der Waals surface area contributed by atoms with Crippen molar-refractivity contribution in [3.8, 4) is 0 Å². The molecule has 1 N–H and O–H groups in total. The van der Waals surface area contributed by atoms with Crippen LogP contribution >= 0.6 is 33.9 Å². The number of carbonyl (C=O) groups excluding carboxylic acids is 1. The van der Waals surface area contributed by atoms with Gasteiger partial charge in [0.25, 0.3) is 9.05 Å². The maximum absolute atomic E-state index is 12.1. The van der Waals surface area contributed by atoms with Crippen LogP contribution in [-0.4, -0.2) is 20.5 Å². The lowest BCUT2D eigenvalue weighted by Gasteiger charge is -2.11. The summed E-state index contributed by atoms with van der Waals surface area (Å²) in [6.45, 7) is 0. The normalized spacial score (nSPS) is 12.3. The van der Waals surface area contributed by atoms with Gasteiger partial charge in [-0.1, -0.05) is 23.2 Å². The molecule has 11 heteroatoms. The molecule has 0 heterocycles.